The highest BCUT2D eigenvalue weighted by Gasteiger charge is 2.35. The number of hydrogen-bond donors (Lipinski definition) is 2. The lowest BCUT2D eigenvalue weighted by atomic mass is 9.88. The van der Waals surface area contributed by atoms with Gasteiger partial charge in [-0.15, -0.1) is 12.4 Å². The lowest BCUT2D eigenvalue weighted by Crippen LogP contribution is -2.21. The van der Waals surface area contributed by atoms with Crippen LogP contribution in [-0.2, 0) is 4.79 Å². The molecule has 1 aromatic carbocycles. The highest BCUT2D eigenvalue weighted by molar-refractivity contribution is 5.85. The Morgan fingerprint density at radius 1 is 1.41 bits per heavy atom. The van der Waals surface area contributed by atoms with Crippen LogP contribution in [0, 0.1) is 5.92 Å². The average molecular weight is 258 g/mol. The van der Waals surface area contributed by atoms with E-state index >= 15 is 0 Å². The smallest absolute Gasteiger partial charge is 0.308 e. The minimum Gasteiger partial charge on any atom is -0.496 e. The fourth-order valence-corrected chi connectivity index (χ4v) is 2.24. The van der Waals surface area contributed by atoms with Crippen LogP contribution in [0.2, 0.25) is 0 Å². The quantitative estimate of drug-likeness (QED) is 0.862. The zero-order chi connectivity index (χ0) is 11.5. The van der Waals surface area contributed by atoms with Crippen molar-refractivity contribution >= 4 is 18.4 Å². The van der Waals surface area contributed by atoms with Crippen LogP contribution in [0.1, 0.15) is 11.5 Å². The number of aliphatic carboxylic acids is 1. The summed E-state index contributed by atoms with van der Waals surface area (Å²) in [4.78, 5) is 11.1. The molecule has 0 amide bonds. The van der Waals surface area contributed by atoms with Gasteiger partial charge in [-0.2, -0.15) is 0 Å². The second kappa shape index (κ2) is 5.89. The zero-order valence-corrected chi connectivity index (χ0v) is 10.4. The molecule has 1 fully saturated rings. The van der Waals surface area contributed by atoms with Gasteiger partial charge in [0, 0.05) is 19.0 Å². The predicted molar refractivity (Wildman–Crippen MR) is 67.0 cm³/mol. The van der Waals surface area contributed by atoms with E-state index < -0.39 is 5.97 Å². The van der Waals surface area contributed by atoms with E-state index in [-0.39, 0.29) is 24.2 Å². The number of carboxylic acids is 1. The number of ether oxygens (including phenoxy) is 1. The van der Waals surface area contributed by atoms with Gasteiger partial charge in [-0.25, -0.2) is 0 Å². The number of hydrogen-bond acceptors (Lipinski definition) is 3. The molecule has 0 aromatic heterocycles. The Hall–Kier alpha value is -1.26. The number of para-hydroxylation sites is 1. The molecule has 0 aliphatic carbocycles. The monoisotopic (exact) mass is 257 g/mol. The molecule has 1 heterocycles. The van der Waals surface area contributed by atoms with Gasteiger partial charge in [0.05, 0.1) is 13.0 Å². The molecule has 94 valence electrons. The van der Waals surface area contributed by atoms with Gasteiger partial charge in [0.15, 0.2) is 0 Å². The molecule has 0 bridgehead atoms. The summed E-state index contributed by atoms with van der Waals surface area (Å²) >= 11 is 0. The van der Waals surface area contributed by atoms with Gasteiger partial charge >= 0.3 is 5.97 Å². The van der Waals surface area contributed by atoms with E-state index in [1.807, 2.05) is 24.3 Å². The zero-order valence-electron chi connectivity index (χ0n) is 9.55. The van der Waals surface area contributed by atoms with Gasteiger partial charge in [-0.1, -0.05) is 18.2 Å². The van der Waals surface area contributed by atoms with Gasteiger partial charge in [-0.05, 0) is 11.6 Å². The molecule has 0 saturated carbocycles. The summed E-state index contributed by atoms with van der Waals surface area (Å²) in [6.07, 6.45) is 0. The topological polar surface area (TPSA) is 58.6 Å². The Labute approximate surface area is 106 Å². The highest BCUT2D eigenvalue weighted by atomic mass is 35.5. The minimum absolute atomic E-state index is 0. The molecule has 17 heavy (non-hydrogen) atoms. The van der Waals surface area contributed by atoms with Crippen molar-refractivity contribution in [2.45, 2.75) is 5.92 Å². The Balaban J connectivity index is 0.00000144. The molecule has 1 aliphatic heterocycles. The summed E-state index contributed by atoms with van der Waals surface area (Å²) in [5.74, 6) is -0.353. The standard InChI is InChI=1S/C12H15NO3.ClH/c1-16-11-5-3-2-4-8(11)9-6-13-7-10(9)12(14)15;/h2-5,9-10,13H,6-7H2,1H3,(H,14,15);1H/t9?,10-;/m1./s1. The first kappa shape index (κ1) is 13.8. The van der Waals surface area contributed by atoms with E-state index in [0.29, 0.717) is 13.1 Å². The first-order valence-electron chi connectivity index (χ1n) is 5.30. The molecule has 2 rings (SSSR count). The second-order valence-electron chi connectivity index (χ2n) is 3.95. The Morgan fingerprint density at radius 2 is 2.12 bits per heavy atom. The van der Waals surface area contributed by atoms with Crippen molar-refractivity contribution in [1.29, 1.82) is 0 Å². The average Bonchev–Trinajstić information content (AvgIpc) is 2.77. The van der Waals surface area contributed by atoms with Crippen LogP contribution in [0.3, 0.4) is 0 Å². The summed E-state index contributed by atoms with van der Waals surface area (Å²) in [5.41, 5.74) is 0.974. The van der Waals surface area contributed by atoms with Gasteiger partial charge in [0.25, 0.3) is 0 Å². The minimum atomic E-state index is -0.749. The van der Waals surface area contributed by atoms with Gasteiger partial charge in [-0.3, -0.25) is 4.79 Å². The number of carboxylic acid groups (broad SMARTS) is 1. The van der Waals surface area contributed by atoms with E-state index in [1.54, 1.807) is 7.11 Å². The molecule has 4 nitrogen and oxygen atoms in total. The summed E-state index contributed by atoms with van der Waals surface area (Å²) in [6.45, 7) is 1.22. The molecule has 2 N–H and O–H groups in total. The molecule has 2 atom stereocenters. The molecule has 0 radical (unpaired) electrons. The number of nitrogens with one attached hydrogen (secondary N) is 1. The lowest BCUT2D eigenvalue weighted by molar-refractivity contribution is -0.141. The van der Waals surface area contributed by atoms with Gasteiger partial charge < -0.3 is 15.2 Å². The fourth-order valence-electron chi connectivity index (χ4n) is 2.24. The molecular weight excluding hydrogens is 242 g/mol. The maximum Gasteiger partial charge on any atom is 0.308 e. The van der Waals surface area contributed by atoms with E-state index in [1.165, 1.54) is 0 Å². The first-order valence-corrected chi connectivity index (χ1v) is 5.30. The molecule has 1 saturated heterocycles. The van der Waals surface area contributed by atoms with Gasteiger partial charge in [0.2, 0.25) is 0 Å². The number of rotatable bonds is 3. The van der Waals surface area contributed by atoms with Crippen LogP contribution in [0.5, 0.6) is 5.75 Å². The molecule has 1 unspecified atom stereocenters. The van der Waals surface area contributed by atoms with Crippen LogP contribution in [0.15, 0.2) is 24.3 Å². The van der Waals surface area contributed by atoms with E-state index in [4.69, 9.17) is 9.84 Å². The third-order valence-corrected chi connectivity index (χ3v) is 3.07. The lowest BCUT2D eigenvalue weighted by Gasteiger charge is -2.17. The normalized spacial score (nSPS) is 22.9. The third-order valence-electron chi connectivity index (χ3n) is 3.07. The van der Waals surface area contributed by atoms with E-state index in [9.17, 15) is 4.79 Å². The summed E-state index contributed by atoms with van der Waals surface area (Å²) in [5, 5.41) is 12.2. The van der Waals surface area contributed by atoms with Crippen molar-refractivity contribution in [2.75, 3.05) is 20.2 Å². The predicted octanol–water partition coefficient (Wildman–Crippen LogP) is 1.50. The van der Waals surface area contributed by atoms with Gasteiger partial charge in [0.1, 0.15) is 5.75 Å². The van der Waals surface area contributed by atoms with E-state index in [0.717, 1.165) is 11.3 Å². The van der Waals surface area contributed by atoms with Crippen molar-refractivity contribution in [3.63, 3.8) is 0 Å². The summed E-state index contributed by atoms with van der Waals surface area (Å²) in [6, 6.07) is 7.61. The van der Waals surface area contributed by atoms with Crippen LogP contribution in [-0.4, -0.2) is 31.3 Å². The van der Waals surface area contributed by atoms with Crippen molar-refractivity contribution in [3.8, 4) is 5.75 Å². The third kappa shape index (κ3) is 2.70. The van der Waals surface area contributed by atoms with Crippen molar-refractivity contribution in [3.05, 3.63) is 29.8 Å². The maximum absolute atomic E-state index is 11.1. The van der Waals surface area contributed by atoms with Crippen LogP contribution < -0.4 is 10.1 Å². The van der Waals surface area contributed by atoms with Crippen molar-refractivity contribution in [2.24, 2.45) is 5.92 Å². The van der Waals surface area contributed by atoms with Crippen molar-refractivity contribution in [1.82, 2.24) is 5.32 Å². The highest BCUT2D eigenvalue weighted by Crippen LogP contribution is 2.34. The van der Waals surface area contributed by atoms with Crippen LogP contribution in [0.4, 0.5) is 0 Å². The van der Waals surface area contributed by atoms with Crippen molar-refractivity contribution < 1.29 is 14.6 Å². The maximum atomic E-state index is 11.1. The second-order valence-corrected chi connectivity index (χ2v) is 3.95. The Bertz CT molecular complexity index is 397. The molecular formula is C12H16ClNO3. The summed E-state index contributed by atoms with van der Waals surface area (Å²) < 4.78 is 5.27. The SMILES string of the molecule is COc1ccccc1C1CNC[C@H]1C(=O)O.Cl. The van der Waals surface area contributed by atoms with E-state index in [2.05, 4.69) is 5.32 Å². The number of halogens is 1. The Kier molecular flexibility index (Phi) is 4.78. The largest absolute Gasteiger partial charge is 0.496 e. The Morgan fingerprint density at radius 3 is 2.76 bits per heavy atom. The van der Waals surface area contributed by atoms with Crippen LogP contribution in [0.25, 0.3) is 0 Å². The fraction of sp³-hybridized carbons (Fsp3) is 0.417. The molecule has 0 spiro atoms. The molecule has 1 aliphatic rings. The molecule has 1 aromatic rings. The summed E-state index contributed by atoms with van der Waals surface area (Å²) in [7, 11) is 1.61. The number of carbonyl (C=O) groups is 1. The molecule has 5 heteroatoms. The van der Waals surface area contributed by atoms with Crippen LogP contribution >= 0.6 is 12.4 Å². The number of methoxy groups -OCH3 is 1. The number of benzene rings is 1. The first-order chi connectivity index (χ1) is 7.74.